The maximum absolute atomic E-state index is 12.3. The van der Waals surface area contributed by atoms with Gasteiger partial charge in [0.05, 0.1) is 18.2 Å². The zero-order valence-corrected chi connectivity index (χ0v) is 10.7. The number of hydrogen-bond donors (Lipinski definition) is 1. The van der Waals surface area contributed by atoms with Crippen molar-refractivity contribution < 1.29 is 14.3 Å². The number of para-hydroxylation sites is 1. The molecule has 96 valence electrons. The van der Waals surface area contributed by atoms with Crippen molar-refractivity contribution in [2.75, 3.05) is 13.7 Å². The molecule has 0 saturated heterocycles. The van der Waals surface area contributed by atoms with E-state index in [-0.39, 0.29) is 18.6 Å². The number of aryl methyl sites for hydroxylation is 1. The number of aromatic nitrogens is 1. The Hall–Kier alpha value is -1.88. The van der Waals surface area contributed by atoms with E-state index in [0.29, 0.717) is 22.6 Å². The first-order valence-electron chi connectivity index (χ1n) is 5.78. The minimum atomic E-state index is -0.235. The summed E-state index contributed by atoms with van der Waals surface area (Å²) in [6.45, 7) is 3.45. The number of hydrogen-bond acceptors (Lipinski definition) is 4. The number of fused-ring (bicyclic) bond motifs is 1. The minimum Gasteiger partial charge on any atom is -0.441 e. The van der Waals surface area contributed by atoms with Gasteiger partial charge in [-0.1, -0.05) is 6.07 Å². The molecule has 1 amide bonds. The first kappa shape index (κ1) is 12.6. The number of oxazole rings is 1. The highest BCUT2D eigenvalue weighted by atomic mass is 16.3. The fourth-order valence-electron chi connectivity index (χ4n) is 1.74. The van der Waals surface area contributed by atoms with Gasteiger partial charge in [0.1, 0.15) is 5.52 Å². The number of likely N-dealkylation sites (N-methyl/N-ethyl adjacent to an activating group) is 1. The maximum atomic E-state index is 12.3. The van der Waals surface area contributed by atoms with Crippen LogP contribution in [0.5, 0.6) is 0 Å². The van der Waals surface area contributed by atoms with E-state index in [4.69, 9.17) is 9.52 Å². The molecule has 1 heterocycles. The van der Waals surface area contributed by atoms with Crippen LogP contribution in [-0.4, -0.2) is 40.6 Å². The van der Waals surface area contributed by atoms with E-state index in [1.54, 1.807) is 39.1 Å². The van der Waals surface area contributed by atoms with E-state index in [9.17, 15) is 4.79 Å². The predicted octanol–water partition coefficient (Wildman–Crippen LogP) is 1.59. The van der Waals surface area contributed by atoms with E-state index >= 15 is 0 Å². The van der Waals surface area contributed by atoms with E-state index < -0.39 is 0 Å². The molecule has 5 nitrogen and oxygen atoms in total. The molecule has 1 aromatic carbocycles. The van der Waals surface area contributed by atoms with Gasteiger partial charge in [0.2, 0.25) is 0 Å². The lowest BCUT2D eigenvalue weighted by Crippen LogP contribution is -2.37. The van der Waals surface area contributed by atoms with Crippen molar-refractivity contribution >= 4 is 17.0 Å². The monoisotopic (exact) mass is 248 g/mol. The Morgan fingerprint density at radius 1 is 1.56 bits per heavy atom. The van der Waals surface area contributed by atoms with Crippen molar-refractivity contribution in [2.45, 2.75) is 19.9 Å². The van der Waals surface area contributed by atoms with Gasteiger partial charge in [-0.3, -0.25) is 4.79 Å². The molecule has 0 aliphatic rings. The fourth-order valence-corrected chi connectivity index (χ4v) is 1.74. The van der Waals surface area contributed by atoms with Crippen molar-refractivity contribution in [3.8, 4) is 0 Å². The lowest BCUT2D eigenvalue weighted by atomic mass is 10.1. The summed E-state index contributed by atoms with van der Waals surface area (Å²) in [4.78, 5) is 18.0. The summed E-state index contributed by atoms with van der Waals surface area (Å²) in [5, 5.41) is 9.09. The Morgan fingerprint density at radius 2 is 2.28 bits per heavy atom. The molecule has 0 aliphatic heterocycles. The Labute approximate surface area is 105 Å². The average molecular weight is 248 g/mol. The number of aliphatic hydroxyl groups excluding tert-OH is 1. The largest absolute Gasteiger partial charge is 0.441 e. The van der Waals surface area contributed by atoms with Crippen molar-refractivity contribution in [1.29, 1.82) is 0 Å². The highest BCUT2D eigenvalue weighted by molar-refractivity contribution is 6.04. The molecule has 0 unspecified atom stereocenters. The fraction of sp³-hybridized carbons (Fsp3) is 0.385. The molecule has 5 heteroatoms. The summed E-state index contributed by atoms with van der Waals surface area (Å²) < 4.78 is 5.39. The molecule has 0 fully saturated rings. The number of rotatable bonds is 3. The van der Waals surface area contributed by atoms with Crippen molar-refractivity contribution in [3.05, 3.63) is 29.7 Å². The van der Waals surface area contributed by atoms with E-state index in [0.717, 1.165) is 0 Å². The number of amides is 1. The predicted molar refractivity (Wildman–Crippen MR) is 67.4 cm³/mol. The molecule has 0 spiro atoms. The first-order chi connectivity index (χ1) is 8.54. The van der Waals surface area contributed by atoms with Crippen LogP contribution < -0.4 is 0 Å². The van der Waals surface area contributed by atoms with Gasteiger partial charge in [-0.2, -0.15) is 0 Å². The number of aliphatic hydroxyl groups is 1. The molecule has 0 radical (unpaired) electrons. The maximum Gasteiger partial charge on any atom is 0.256 e. The zero-order valence-electron chi connectivity index (χ0n) is 10.7. The third-order valence-corrected chi connectivity index (χ3v) is 3.00. The molecule has 2 aromatic rings. The number of nitrogens with zero attached hydrogens (tertiary/aromatic N) is 2. The van der Waals surface area contributed by atoms with Crippen LogP contribution in [-0.2, 0) is 0 Å². The van der Waals surface area contributed by atoms with E-state index in [2.05, 4.69) is 4.98 Å². The Bertz CT molecular complexity index is 577. The first-order valence-corrected chi connectivity index (χ1v) is 5.78. The lowest BCUT2D eigenvalue weighted by Gasteiger charge is -2.23. The minimum absolute atomic E-state index is 0.0734. The second kappa shape index (κ2) is 4.78. The lowest BCUT2D eigenvalue weighted by molar-refractivity contribution is 0.0684. The van der Waals surface area contributed by atoms with Gasteiger partial charge < -0.3 is 14.4 Å². The van der Waals surface area contributed by atoms with Gasteiger partial charge in [-0.25, -0.2) is 4.98 Å². The van der Waals surface area contributed by atoms with E-state index in [1.807, 2.05) is 0 Å². The topological polar surface area (TPSA) is 66.6 Å². The third kappa shape index (κ3) is 2.09. The van der Waals surface area contributed by atoms with Crippen molar-refractivity contribution in [2.24, 2.45) is 0 Å². The summed E-state index contributed by atoms with van der Waals surface area (Å²) in [6, 6.07) is 5.02. The number of benzene rings is 1. The molecular weight excluding hydrogens is 232 g/mol. The highest BCUT2D eigenvalue weighted by Crippen LogP contribution is 2.20. The molecular formula is C13H16N2O3. The Balaban J connectivity index is 2.44. The molecule has 0 bridgehead atoms. The summed E-state index contributed by atoms with van der Waals surface area (Å²) in [5.41, 5.74) is 1.66. The van der Waals surface area contributed by atoms with Gasteiger partial charge in [0.25, 0.3) is 5.91 Å². The van der Waals surface area contributed by atoms with Crippen molar-refractivity contribution in [1.82, 2.24) is 9.88 Å². The van der Waals surface area contributed by atoms with E-state index in [1.165, 1.54) is 4.90 Å². The highest BCUT2D eigenvalue weighted by Gasteiger charge is 2.20. The van der Waals surface area contributed by atoms with Crippen LogP contribution >= 0.6 is 0 Å². The summed E-state index contributed by atoms with van der Waals surface area (Å²) in [7, 11) is 1.66. The molecule has 1 N–H and O–H groups in total. The summed E-state index contributed by atoms with van der Waals surface area (Å²) in [5.74, 6) is 0.360. The van der Waals surface area contributed by atoms with Crippen LogP contribution in [0.3, 0.4) is 0 Å². The quantitative estimate of drug-likeness (QED) is 0.895. The van der Waals surface area contributed by atoms with Crippen LogP contribution in [0, 0.1) is 6.92 Å². The SMILES string of the molecule is Cc1nc2c(C(=O)N(C)[C@H](C)CO)cccc2o1. The Kier molecular flexibility index (Phi) is 3.34. The second-order valence-corrected chi connectivity index (χ2v) is 4.33. The molecule has 0 saturated carbocycles. The molecule has 2 rings (SSSR count). The van der Waals surface area contributed by atoms with Gasteiger partial charge in [0.15, 0.2) is 11.5 Å². The van der Waals surface area contributed by atoms with Crippen LogP contribution in [0.25, 0.3) is 11.1 Å². The van der Waals surface area contributed by atoms with Crippen LogP contribution in [0.4, 0.5) is 0 Å². The number of carbonyl (C=O) groups excluding carboxylic acids is 1. The molecule has 1 atom stereocenters. The van der Waals surface area contributed by atoms with Crippen molar-refractivity contribution in [3.63, 3.8) is 0 Å². The van der Waals surface area contributed by atoms with Gasteiger partial charge in [-0.05, 0) is 19.1 Å². The molecule has 0 aliphatic carbocycles. The van der Waals surface area contributed by atoms with Gasteiger partial charge >= 0.3 is 0 Å². The number of carbonyl (C=O) groups is 1. The average Bonchev–Trinajstić information content (AvgIpc) is 2.75. The van der Waals surface area contributed by atoms with Crippen LogP contribution in [0.2, 0.25) is 0 Å². The smallest absolute Gasteiger partial charge is 0.256 e. The Morgan fingerprint density at radius 3 is 2.94 bits per heavy atom. The summed E-state index contributed by atoms with van der Waals surface area (Å²) >= 11 is 0. The molecule has 1 aromatic heterocycles. The second-order valence-electron chi connectivity index (χ2n) is 4.33. The van der Waals surface area contributed by atoms with Crippen LogP contribution in [0.15, 0.2) is 22.6 Å². The van der Waals surface area contributed by atoms with Crippen LogP contribution in [0.1, 0.15) is 23.2 Å². The molecule has 18 heavy (non-hydrogen) atoms. The zero-order chi connectivity index (χ0) is 13.3. The standard InChI is InChI=1S/C13H16N2O3/c1-8(7-16)15(3)13(17)10-5-4-6-11-12(10)14-9(2)18-11/h4-6,8,16H,7H2,1-3H3/t8-/m1/s1. The van der Waals surface area contributed by atoms with Gasteiger partial charge in [0, 0.05) is 14.0 Å². The summed E-state index contributed by atoms with van der Waals surface area (Å²) in [6.07, 6.45) is 0. The normalized spacial score (nSPS) is 12.7. The third-order valence-electron chi connectivity index (χ3n) is 3.00. The van der Waals surface area contributed by atoms with Gasteiger partial charge in [-0.15, -0.1) is 0 Å².